The molecule has 2 heteroatoms. The Morgan fingerprint density at radius 1 is 0.344 bits per heavy atom. The lowest BCUT2D eigenvalue weighted by molar-refractivity contribution is 0.660. The minimum Gasteiger partial charge on any atom is -0.310 e. The predicted octanol–water partition coefficient (Wildman–Crippen LogP) is 16.2. The van der Waals surface area contributed by atoms with Gasteiger partial charge >= 0.3 is 0 Å². The van der Waals surface area contributed by atoms with Crippen LogP contribution in [0, 0.1) is 0 Å². The number of anilines is 3. The molecule has 0 aliphatic heterocycles. The molecule has 0 fully saturated rings. The van der Waals surface area contributed by atoms with E-state index in [2.05, 4.69) is 242 Å². The number of para-hydroxylation sites is 2. The Morgan fingerprint density at radius 2 is 0.967 bits per heavy atom. The fourth-order valence-electron chi connectivity index (χ4n) is 10.2. The number of benzene rings is 10. The second-order valence-corrected chi connectivity index (χ2v) is 16.9. The molecule has 288 valence electrons. The summed E-state index contributed by atoms with van der Waals surface area (Å²) in [6.45, 7) is 4.71. The zero-order chi connectivity index (χ0) is 40.7. The highest BCUT2D eigenvalue weighted by Gasteiger charge is 2.35. The third-order valence-electron chi connectivity index (χ3n) is 13.2. The average Bonchev–Trinajstić information content (AvgIpc) is 3.77. The largest absolute Gasteiger partial charge is 0.310 e. The van der Waals surface area contributed by atoms with E-state index in [9.17, 15) is 0 Å². The quantitative estimate of drug-likeness (QED) is 0.153. The van der Waals surface area contributed by atoms with Crippen molar-refractivity contribution in [3.8, 4) is 39.1 Å². The van der Waals surface area contributed by atoms with Crippen LogP contribution in [0.4, 0.5) is 17.1 Å². The number of nitrogens with zero attached hydrogens (tertiary/aromatic N) is 2. The summed E-state index contributed by atoms with van der Waals surface area (Å²) in [6, 6.07) is 80.4. The van der Waals surface area contributed by atoms with Crippen LogP contribution in [-0.4, -0.2) is 4.57 Å². The van der Waals surface area contributed by atoms with Crippen LogP contribution >= 0.6 is 0 Å². The van der Waals surface area contributed by atoms with Crippen LogP contribution in [-0.2, 0) is 5.41 Å². The van der Waals surface area contributed by atoms with Gasteiger partial charge in [-0.2, -0.15) is 0 Å². The van der Waals surface area contributed by atoms with Gasteiger partial charge in [-0.3, -0.25) is 0 Å². The molecule has 1 aromatic heterocycles. The van der Waals surface area contributed by atoms with E-state index >= 15 is 0 Å². The van der Waals surface area contributed by atoms with Crippen molar-refractivity contribution in [2.75, 3.05) is 4.90 Å². The molecule has 0 spiro atoms. The van der Waals surface area contributed by atoms with Gasteiger partial charge in [0.1, 0.15) is 0 Å². The maximum Gasteiger partial charge on any atom is 0.0541 e. The Kier molecular flexibility index (Phi) is 7.92. The summed E-state index contributed by atoms with van der Waals surface area (Å²) in [5, 5.41) is 7.56. The molecule has 1 heterocycles. The van der Waals surface area contributed by atoms with Gasteiger partial charge in [-0.15, -0.1) is 0 Å². The molecule has 0 saturated heterocycles. The van der Waals surface area contributed by atoms with E-state index < -0.39 is 0 Å². The average molecular weight is 779 g/mol. The first kappa shape index (κ1) is 35.3. The highest BCUT2D eigenvalue weighted by Crippen LogP contribution is 2.51. The van der Waals surface area contributed by atoms with Gasteiger partial charge in [-0.1, -0.05) is 166 Å². The molecule has 11 aromatic rings. The smallest absolute Gasteiger partial charge is 0.0541 e. The molecule has 2 nitrogen and oxygen atoms in total. The Morgan fingerprint density at radius 3 is 1.82 bits per heavy atom. The first-order valence-corrected chi connectivity index (χ1v) is 21.3. The van der Waals surface area contributed by atoms with E-state index in [4.69, 9.17) is 0 Å². The van der Waals surface area contributed by atoms with Crippen molar-refractivity contribution in [1.82, 2.24) is 4.57 Å². The summed E-state index contributed by atoms with van der Waals surface area (Å²) >= 11 is 0. The van der Waals surface area contributed by atoms with Crippen molar-refractivity contribution in [1.29, 1.82) is 0 Å². The molecule has 0 N–H and O–H groups in total. The summed E-state index contributed by atoms with van der Waals surface area (Å²) in [5.74, 6) is 0. The molecule has 0 unspecified atom stereocenters. The molecule has 0 saturated carbocycles. The normalized spacial score (nSPS) is 12.9. The Hall–Kier alpha value is -7.68. The molecule has 12 rings (SSSR count). The van der Waals surface area contributed by atoms with Crippen LogP contribution in [0.15, 0.2) is 218 Å². The van der Waals surface area contributed by atoms with E-state index in [1.54, 1.807) is 0 Å². The van der Waals surface area contributed by atoms with Crippen molar-refractivity contribution in [3.05, 3.63) is 230 Å². The summed E-state index contributed by atoms with van der Waals surface area (Å²) in [6.07, 6.45) is 0. The monoisotopic (exact) mass is 778 g/mol. The summed E-state index contributed by atoms with van der Waals surface area (Å²) in [5.41, 5.74) is 17.1. The molecule has 0 atom stereocenters. The van der Waals surface area contributed by atoms with Crippen molar-refractivity contribution < 1.29 is 0 Å². The van der Waals surface area contributed by atoms with Crippen LogP contribution in [0.3, 0.4) is 0 Å². The molecule has 0 bridgehead atoms. The third kappa shape index (κ3) is 5.56. The van der Waals surface area contributed by atoms with Crippen LogP contribution in [0.25, 0.3) is 82.4 Å². The van der Waals surface area contributed by atoms with Gasteiger partial charge in [0.25, 0.3) is 0 Å². The molecule has 1 aliphatic rings. The number of hydrogen-bond acceptors (Lipinski definition) is 1. The first-order valence-electron chi connectivity index (χ1n) is 21.3. The fourth-order valence-corrected chi connectivity index (χ4v) is 10.2. The van der Waals surface area contributed by atoms with Gasteiger partial charge in [0, 0.05) is 38.9 Å². The number of rotatable bonds is 6. The molecular weight excluding hydrogens is 737 g/mol. The van der Waals surface area contributed by atoms with Crippen molar-refractivity contribution in [2.24, 2.45) is 0 Å². The lowest BCUT2D eigenvalue weighted by Gasteiger charge is -2.28. The molecule has 1 aliphatic carbocycles. The van der Waals surface area contributed by atoms with E-state index in [0.717, 1.165) is 17.1 Å². The fraction of sp³-hybridized carbons (Fsp3) is 0.0508. The van der Waals surface area contributed by atoms with Gasteiger partial charge in [0.05, 0.1) is 11.0 Å². The van der Waals surface area contributed by atoms with Crippen LogP contribution in [0.1, 0.15) is 25.0 Å². The Labute approximate surface area is 356 Å². The SMILES string of the molecule is CC1(C)c2ccccc2-c2ccc(N(c3ccccc3)c3cccc(-c4ccccc4-c4ccc5c(c4)c4ccccc4n5-c4ccc5c(ccc6ccccc65)c4)c3)cc21. The predicted molar refractivity (Wildman–Crippen MR) is 259 cm³/mol. The van der Waals surface area contributed by atoms with E-state index in [1.807, 2.05) is 0 Å². The third-order valence-corrected chi connectivity index (χ3v) is 13.2. The topological polar surface area (TPSA) is 8.17 Å². The zero-order valence-electron chi connectivity index (χ0n) is 34.2. The molecule has 61 heavy (non-hydrogen) atoms. The van der Waals surface area contributed by atoms with E-state index in [-0.39, 0.29) is 5.41 Å². The minimum absolute atomic E-state index is 0.0940. The second kappa shape index (κ2) is 13.7. The van der Waals surface area contributed by atoms with Crippen molar-refractivity contribution >= 4 is 60.4 Å². The van der Waals surface area contributed by atoms with Crippen LogP contribution in [0.2, 0.25) is 0 Å². The molecule has 10 aromatic carbocycles. The molecule has 0 amide bonds. The minimum atomic E-state index is -0.0940. The lowest BCUT2D eigenvalue weighted by atomic mass is 9.82. The first-order chi connectivity index (χ1) is 30.0. The number of fused-ring (bicyclic) bond motifs is 9. The number of hydrogen-bond donors (Lipinski definition) is 0. The van der Waals surface area contributed by atoms with E-state index in [0.29, 0.717) is 0 Å². The van der Waals surface area contributed by atoms with Crippen LogP contribution in [0.5, 0.6) is 0 Å². The Balaban J connectivity index is 0.967. The maximum atomic E-state index is 2.43. The Bertz CT molecular complexity index is 3520. The van der Waals surface area contributed by atoms with Crippen LogP contribution < -0.4 is 4.90 Å². The van der Waals surface area contributed by atoms with E-state index in [1.165, 1.54) is 93.5 Å². The highest BCUT2D eigenvalue weighted by atomic mass is 15.1. The van der Waals surface area contributed by atoms with Gasteiger partial charge in [0.15, 0.2) is 0 Å². The standard InChI is InChI=1S/C59H42N2/c1-59(2)55-25-12-10-23-51(55)52-33-31-46(38-56(52)59)60(43-17-4-3-5-18-43)44-19-14-16-40(35-44)48-21-8-9-22-49(48)42-29-34-58-54(37-42)53-24-11-13-26-57(53)61(58)45-30-32-50-41(36-45)28-27-39-15-6-7-20-47(39)50/h3-38H,1-2H3. The summed E-state index contributed by atoms with van der Waals surface area (Å²) in [7, 11) is 0. The van der Waals surface area contributed by atoms with Crippen molar-refractivity contribution in [2.45, 2.75) is 19.3 Å². The van der Waals surface area contributed by atoms with Gasteiger partial charge < -0.3 is 9.47 Å². The summed E-state index contributed by atoms with van der Waals surface area (Å²) in [4.78, 5) is 2.40. The van der Waals surface area contributed by atoms with Gasteiger partial charge in [-0.25, -0.2) is 0 Å². The zero-order valence-corrected chi connectivity index (χ0v) is 34.2. The lowest BCUT2D eigenvalue weighted by Crippen LogP contribution is -2.16. The summed E-state index contributed by atoms with van der Waals surface area (Å²) < 4.78 is 2.43. The maximum absolute atomic E-state index is 2.43. The second-order valence-electron chi connectivity index (χ2n) is 16.9. The molecular formula is C59H42N2. The molecule has 0 radical (unpaired) electrons. The van der Waals surface area contributed by atoms with Gasteiger partial charge in [-0.05, 0) is 133 Å². The highest BCUT2D eigenvalue weighted by molar-refractivity contribution is 6.12. The van der Waals surface area contributed by atoms with Gasteiger partial charge in [0.2, 0.25) is 0 Å². The van der Waals surface area contributed by atoms with Crippen molar-refractivity contribution in [3.63, 3.8) is 0 Å². The number of aromatic nitrogens is 1.